The van der Waals surface area contributed by atoms with E-state index in [1.807, 2.05) is 20.8 Å². The van der Waals surface area contributed by atoms with Gasteiger partial charge in [0.2, 0.25) is 5.88 Å². The molecular weight excluding hydrogens is 190 g/mol. The monoisotopic (exact) mass is 204 g/mol. The second-order valence-electron chi connectivity index (χ2n) is 4.15. The molecule has 1 aromatic heterocycles. The topological polar surface area (TPSA) is 27.1 Å². The van der Waals surface area contributed by atoms with Gasteiger partial charge < -0.3 is 4.74 Å². The molecule has 1 rings (SSSR count). The zero-order valence-corrected chi connectivity index (χ0v) is 8.71. The molecule has 0 amide bonds. The smallest absolute Gasteiger partial charge is 0.388 e. The van der Waals surface area contributed by atoms with Crippen molar-refractivity contribution in [2.24, 2.45) is 7.05 Å². The fourth-order valence-corrected chi connectivity index (χ4v) is 1.15. The number of hydrogen-bond acceptors (Lipinski definition) is 2. The molecule has 1 heterocycles. The van der Waals surface area contributed by atoms with Crippen LogP contribution in [0.3, 0.4) is 0 Å². The molecule has 0 N–H and O–H groups in total. The van der Waals surface area contributed by atoms with Crippen molar-refractivity contribution < 1.29 is 13.5 Å². The molecule has 0 aliphatic heterocycles. The second-order valence-corrected chi connectivity index (χ2v) is 4.15. The van der Waals surface area contributed by atoms with Gasteiger partial charge in [0.05, 0.1) is 0 Å². The highest BCUT2D eigenvalue weighted by Crippen LogP contribution is 2.30. The molecule has 0 spiro atoms. The fourth-order valence-electron chi connectivity index (χ4n) is 1.15. The normalized spacial score (nSPS) is 12.2. The molecule has 5 heteroatoms. The summed E-state index contributed by atoms with van der Waals surface area (Å²) in [5.74, 6) is 0.00926. The Labute approximate surface area is 81.7 Å². The number of ether oxygens (including phenoxy) is 1. The molecule has 0 aromatic carbocycles. The number of alkyl halides is 2. The first-order valence-electron chi connectivity index (χ1n) is 4.29. The molecule has 0 bridgehead atoms. The van der Waals surface area contributed by atoms with Crippen LogP contribution in [0.15, 0.2) is 6.20 Å². The van der Waals surface area contributed by atoms with E-state index < -0.39 is 6.61 Å². The SMILES string of the molecule is Cn1cc(C(C)(C)C)c(OC(F)F)n1. The Bertz CT molecular complexity index is 315. The molecule has 1 aromatic rings. The highest BCUT2D eigenvalue weighted by Gasteiger charge is 2.24. The molecule has 14 heavy (non-hydrogen) atoms. The molecule has 3 nitrogen and oxygen atoms in total. The number of hydrogen-bond donors (Lipinski definition) is 0. The van der Waals surface area contributed by atoms with E-state index >= 15 is 0 Å². The molecule has 0 radical (unpaired) electrons. The van der Waals surface area contributed by atoms with Gasteiger partial charge in [-0.05, 0) is 5.41 Å². The number of aromatic nitrogens is 2. The summed E-state index contributed by atoms with van der Waals surface area (Å²) in [5.41, 5.74) is 0.429. The zero-order valence-electron chi connectivity index (χ0n) is 8.71. The largest absolute Gasteiger partial charge is 0.415 e. The summed E-state index contributed by atoms with van der Waals surface area (Å²) in [7, 11) is 1.67. The van der Waals surface area contributed by atoms with Gasteiger partial charge in [0.1, 0.15) is 0 Å². The van der Waals surface area contributed by atoms with E-state index in [9.17, 15) is 8.78 Å². The van der Waals surface area contributed by atoms with Gasteiger partial charge in [-0.15, -0.1) is 5.10 Å². The maximum atomic E-state index is 12.0. The van der Waals surface area contributed by atoms with Crippen LogP contribution < -0.4 is 4.74 Å². The van der Waals surface area contributed by atoms with Crippen LogP contribution in [0.2, 0.25) is 0 Å². The van der Waals surface area contributed by atoms with Crippen LogP contribution >= 0.6 is 0 Å². The van der Waals surface area contributed by atoms with Crippen molar-refractivity contribution in [1.82, 2.24) is 9.78 Å². The minimum atomic E-state index is -2.83. The lowest BCUT2D eigenvalue weighted by molar-refractivity contribution is -0.0541. The van der Waals surface area contributed by atoms with Crippen molar-refractivity contribution >= 4 is 0 Å². The summed E-state index contributed by atoms with van der Waals surface area (Å²) in [4.78, 5) is 0. The zero-order chi connectivity index (χ0) is 10.9. The van der Waals surface area contributed by atoms with Gasteiger partial charge >= 0.3 is 6.61 Å². The van der Waals surface area contributed by atoms with E-state index in [1.54, 1.807) is 13.2 Å². The predicted molar refractivity (Wildman–Crippen MR) is 48.5 cm³/mol. The fraction of sp³-hybridized carbons (Fsp3) is 0.667. The Morgan fingerprint density at radius 1 is 1.43 bits per heavy atom. The van der Waals surface area contributed by atoms with Gasteiger partial charge in [0, 0.05) is 18.8 Å². The van der Waals surface area contributed by atoms with Gasteiger partial charge in [-0.1, -0.05) is 20.8 Å². The van der Waals surface area contributed by atoms with E-state index in [0.717, 1.165) is 0 Å². The van der Waals surface area contributed by atoms with Crippen molar-refractivity contribution in [3.05, 3.63) is 11.8 Å². The van der Waals surface area contributed by atoms with E-state index in [-0.39, 0.29) is 11.3 Å². The molecular formula is C9H14F2N2O. The van der Waals surface area contributed by atoms with Gasteiger partial charge in [-0.3, -0.25) is 4.68 Å². The molecule has 0 saturated heterocycles. The third-order valence-corrected chi connectivity index (χ3v) is 1.80. The predicted octanol–water partition coefficient (Wildman–Crippen LogP) is 2.32. The standard InChI is InChI=1S/C9H14F2N2O/c1-9(2,3)6-5-13(4)12-7(6)14-8(10)11/h5,8H,1-4H3. The van der Waals surface area contributed by atoms with E-state index in [2.05, 4.69) is 9.84 Å². The Hall–Kier alpha value is -1.13. The first kappa shape index (κ1) is 10.9. The molecule has 0 unspecified atom stereocenters. The minimum Gasteiger partial charge on any atom is -0.415 e. The average molecular weight is 204 g/mol. The van der Waals surface area contributed by atoms with Crippen LogP contribution in [0.1, 0.15) is 26.3 Å². The van der Waals surface area contributed by atoms with Crippen molar-refractivity contribution in [1.29, 1.82) is 0 Å². The van der Waals surface area contributed by atoms with Crippen molar-refractivity contribution in [3.63, 3.8) is 0 Å². The van der Waals surface area contributed by atoms with Crippen LogP contribution in [-0.2, 0) is 12.5 Å². The quantitative estimate of drug-likeness (QED) is 0.739. The summed E-state index contributed by atoms with van der Waals surface area (Å²) in [5, 5.41) is 3.83. The van der Waals surface area contributed by atoms with E-state index in [0.29, 0.717) is 5.56 Å². The van der Waals surface area contributed by atoms with Gasteiger partial charge in [0.25, 0.3) is 0 Å². The Morgan fingerprint density at radius 3 is 2.43 bits per heavy atom. The Balaban J connectivity index is 3.03. The molecule has 0 saturated carbocycles. The molecule has 0 aliphatic carbocycles. The molecule has 0 atom stereocenters. The Morgan fingerprint density at radius 2 is 2.00 bits per heavy atom. The first-order chi connectivity index (χ1) is 6.30. The summed E-state index contributed by atoms with van der Waals surface area (Å²) in [6, 6.07) is 0. The minimum absolute atomic E-state index is 0.00926. The van der Waals surface area contributed by atoms with Crippen LogP contribution in [0.5, 0.6) is 5.88 Å². The van der Waals surface area contributed by atoms with Crippen molar-refractivity contribution in [3.8, 4) is 5.88 Å². The maximum absolute atomic E-state index is 12.0. The molecule has 0 fully saturated rings. The number of halogens is 2. The van der Waals surface area contributed by atoms with Crippen LogP contribution in [0, 0.1) is 0 Å². The van der Waals surface area contributed by atoms with Gasteiger partial charge in [0.15, 0.2) is 0 Å². The molecule has 80 valence electrons. The third-order valence-electron chi connectivity index (χ3n) is 1.80. The molecule has 0 aliphatic rings. The summed E-state index contributed by atoms with van der Waals surface area (Å²) < 4.78 is 29.9. The maximum Gasteiger partial charge on any atom is 0.388 e. The lowest BCUT2D eigenvalue weighted by Gasteiger charge is -2.17. The van der Waals surface area contributed by atoms with Crippen LogP contribution in [0.25, 0.3) is 0 Å². The highest BCUT2D eigenvalue weighted by molar-refractivity contribution is 5.30. The third kappa shape index (κ3) is 2.43. The highest BCUT2D eigenvalue weighted by atomic mass is 19.3. The van der Waals surface area contributed by atoms with Gasteiger partial charge in [-0.25, -0.2) is 0 Å². The number of nitrogens with zero attached hydrogens (tertiary/aromatic N) is 2. The lowest BCUT2D eigenvalue weighted by atomic mass is 9.89. The summed E-state index contributed by atoms with van der Waals surface area (Å²) >= 11 is 0. The average Bonchev–Trinajstić information content (AvgIpc) is 2.28. The number of rotatable bonds is 2. The van der Waals surface area contributed by atoms with Gasteiger partial charge in [-0.2, -0.15) is 8.78 Å². The summed E-state index contributed by atoms with van der Waals surface area (Å²) in [6.07, 6.45) is 1.69. The van der Waals surface area contributed by atoms with Crippen molar-refractivity contribution in [2.75, 3.05) is 0 Å². The number of aryl methyl sites for hydroxylation is 1. The van der Waals surface area contributed by atoms with E-state index in [4.69, 9.17) is 0 Å². The van der Waals surface area contributed by atoms with Crippen molar-refractivity contribution in [2.45, 2.75) is 32.8 Å². The summed E-state index contributed by atoms with van der Waals surface area (Å²) in [6.45, 7) is 2.93. The van der Waals surface area contributed by atoms with Crippen LogP contribution in [-0.4, -0.2) is 16.4 Å². The first-order valence-corrected chi connectivity index (χ1v) is 4.29. The lowest BCUT2D eigenvalue weighted by Crippen LogP contribution is -2.13. The second kappa shape index (κ2) is 3.55. The Kier molecular flexibility index (Phi) is 2.78. The van der Waals surface area contributed by atoms with E-state index in [1.165, 1.54) is 4.68 Å². The van der Waals surface area contributed by atoms with Crippen LogP contribution in [0.4, 0.5) is 8.78 Å².